The van der Waals surface area contributed by atoms with E-state index >= 15 is 0 Å². The zero-order valence-corrected chi connectivity index (χ0v) is 13.1. The van der Waals surface area contributed by atoms with Gasteiger partial charge in [-0.1, -0.05) is 6.07 Å². The second kappa shape index (κ2) is 7.78. The Bertz CT molecular complexity index is 712. The smallest absolute Gasteiger partial charge is 0.280 e. The fraction of sp³-hybridized carbons (Fsp3) is 0.438. The first-order chi connectivity index (χ1) is 11.7. The van der Waals surface area contributed by atoms with E-state index in [4.69, 9.17) is 14.0 Å². The van der Waals surface area contributed by atoms with Gasteiger partial charge in [-0.25, -0.2) is 4.98 Å². The molecule has 8 heteroatoms. The number of ether oxygens (including phenoxy) is 2. The summed E-state index contributed by atoms with van der Waals surface area (Å²) in [5, 5.41) is 5.17. The second-order valence-electron chi connectivity index (χ2n) is 5.54. The van der Waals surface area contributed by atoms with Crippen molar-refractivity contribution in [2.24, 2.45) is 0 Å². The minimum atomic E-state index is -0.307. The molecule has 1 aliphatic rings. The average molecular weight is 333 g/mol. The Kier molecular flexibility index (Phi) is 5.27. The molecule has 0 radical (unpaired) electrons. The summed E-state index contributed by atoms with van der Waals surface area (Å²) in [6.45, 7) is 0.966. The number of aromatic nitrogens is 2. The van der Waals surface area contributed by atoms with Crippen LogP contribution in [0.3, 0.4) is 0 Å². The van der Waals surface area contributed by atoms with Crippen molar-refractivity contribution >= 4 is 5.91 Å². The number of rotatable bonds is 6. The maximum absolute atomic E-state index is 12.1. The summed E-state index contributed by atoms with van der Waals surface area (Å²) in [5.74, 6) is 0.838. The van der Waals surface area contributed by atoms with Crippen LogP contribution in [0.5, 0.6) is 5.88 Å². The van der Waals surface area contributed by atoms with Crippen LogP contribution in [0.4, 0.5) is 0 Å². The predicted octanol–water partition coefficient (Wildman–Crippen LogP) is 0.648. The van der Waals surface area contributed by atoms with Gasteiger partial charge < -0.3 is 19.3 Å². The van der Waals surface area contributed by atoms with E-state index in [0.717, 1.165) is 0 Å². The number of hydrogen-bond acceptors (Lipinski definition) is 6. The van der Waals surface area contributed by atoms with Crippen LogP contribution < -0.4 is 15.6 Å². The Labute approximate surface area is 138 Å². The number of pyridine rings is 1. The number of aryl methyl sites for hydroxylation is 1. The molecule has 0 saturated carbocycles. The number of hydrogen-bond donors (Lipinski definition) is 2. The number of amides is 1. The van der Waals surface area contributed by atoms with Crippen LogP contribution in [0.2, 0.25) is 0 Å². The van der Waals surface area contributed by atoms with Crippen molar-refractivity contribution in [3.05, 3.63) is 46.6 Å². The number of nitrogens with one attached hydrogen (secondary N) is 2. The third-order valence-electron chi connectivity index (χ3n) is 3.73. The van der Waals surface area contributed by atoms with Crippen molar-refractivity contribution in [3.8, 4) is 5.88 Å². The monoisotopic (exact) mass is 333 g/mol. The van der Waals surface area contributed by atoms with Gasteiger partial charge in [0.15, 0.2) is 0 Å². The van der Waals surface area contributed by atoms with Gasteiger partial charge >= 0.3 is 0 Å². The normalized spacial score (nSPS) is 20.5. The molecule has 24 heavy (non-hydrogen) atoms. The molecule has 0 spiro atoms. The Hall–Kier alpha value is -2.61. The molecule has 2 atom stereocenters. The zero-order valence-electron chi connectivity index (χ0n) is 13.1. The SMILES string of the molecule is O=C(CCc1cc(=O)[nH]o1)N[C@@H]1CCOC[C@H]1Oc1ccccn1. The molecule has 3 heterocycles. The molecule has 3 rings (SSSR count). The molecular formula is C16H19N3O5. The van der Waals surface area contributed by atoms with Gasteiger partial charge in [0.05, 0.1) is 12.6 Å². The molecular weight excluding hydrogens is 314 g/mol. The lowest BCUT2D eigenvalue weighted by molar-refractivity contribution is -0.124. The molecule has 1 amide bonds. The Morgan fingerprint density at radius 3 is 3.12 bits per heavy atom. The first kappa shape index (κ1) is 16.3. The molecule has 2 N–H and O–H groups in total. The third kappa shape index (κ3) is 4.45. The van der Waals surface area contributed by atoms with Gasteiger partial charge in [-0.05, 0) is 12.5 Å². The molecule has 8 nitrogen and oxygen atoms in total. The van der Waals surface area contributed by atoms with Gasteiger partial charge in [-0.15, -0.1) is 0 Å². The fourth-order valence-electron chi connectivity index (χ4n) is 2.52. The molecule has 0 bridgehead atoms. The second-order valence-corrected chi connectivity index (χ2v) is 5.54. The first-order valence-corrected chi connectivity index (χ1v) is 7.83. The molecule has 1 aliphatic heterocycles. The van der Waals surface area contributed by atoms with E-state index in [1.165, 1.54) is 6.07 Å². The van der Waals surface area contributed by atoms with Gasteiger partial charge in [0.1, 0.15) is 11.9 Å². The number of aromatic amines is 1. The standard InChI is InChI=1S/C16H19N3O5/c20-14(5-4-11-9-15(21)19-24-11)18-12-6-8-22-10-13(12)23-16-3-1-2-7-17-16/h1-3,7,9,12-13H,4-6,8,10H2,(H,18,20)(H,19,21)/t12-,13-/m1/s1. The summed E-state index contributed by atoms with van der Waals surface area (Å²) < 4.78 is 16.2. The predicted molar refractivity (Wildman–Crippen MR) is 83.7 cm³/mol. The molecule has 0 aliphatic carbocycles. The summed E-state index contributed by atoms with van der Waals surface area (Å²) in [6.07, 6.45) is 2.62. The Balaban J connectivity index is 1.53. The largest absolute Gasteiger partial charge is 0.470 e. The maximum atomic E-state index is 12.1. The van der Waals surface area contributed by atoms with E-state index in [2.05, 4.69) is 15.5 Å². The van der Waals surface area contributed by atoms with Crippen LogP contribution in [0.25, 0.3) is 0 Å². The summed E-state index contributed by atoms with van der Waals surface area (Å²) in [6, 6.07) is 6.61. The van der Waals surface area contributed by atoms with Gasteiger partial charge in [0.2, 0.25) is 11.8 Å². The first-order valence-electron chi connectivity index (χ1n) is 7.83. The lowest BCUT2D eigenvalue weighted by Crippen LogP contribution is -2.51. The van der Waals surface area contributed by atoms with Gasteiger partial charge in [0, 0.05) is 37.8 Å². The van der Waals surface area contributed by atoms with Crippen molar-refractivity contribution < 1.29 is 18.8 Å². The molecule has 0 unspecified atom stereocenters. The molecule has 1 saturated heterocycles. The van der Waals surface area contributed by atoms with Crippen molar-refractivity contribution in [1.29, 1.82) is 0 Å². The van der Waals surface area contributed by atoms with Crippen LogP contribution in [-0.2, 0) is 16.0 Å². The Morgan fingerprint density at radius 2 is 2.38 bits per heavy atom. The lowest BCUT2D eigenvalue weighted by Gasteiger charge is -2.32. The summed E-state index contributed by atoms with van der Waals surface area (Å²) in [4.78, 5) is 27.2. The van der Waals surface area contributed by atoms with E-state index < -0.39 is 0 Å². The molecule has 128 valence electrons. The van der Waals surface area contributed by atoms with Crippen LogP contribution >= 0.6 is 0 Å². The maximum Gasteiger partial charge on any atom is 0.280 e. The number of nitrogens with zero attached hydrogens (tertiary/aromatic N) is 1. The topological polar surface area (TPSA) is 106 Å². The summed E-state index contributed by atoms with van der Waals surface area (Å²) >= 11 is 0. The summed E-state index contributed by atoms with van der Waals surface area (Å²) in [5.41, 5.74) is -0.307. The van der Waals surface area contributed by atoms with Gasteiger partial charge in [-0.3, -0.25) is 9.59 Å². The highest BCUT2D eigenvalue weighted by atomic mass is 16.5. The molecule has 2 aromatic heterocycles. The number of carbonyl (C=O) groups is 1. The highest BCUT2D eigenvalue weighted by Crippen LogP contribution is 2.15. The summed E-state index contributed by atoms with van der Waals surface area (Å²) in [7, 11) is 0. The van der Waals surface area contributed by atoms with Crippen molar-refractivity contribution in [3.63, 3.8) is 0 Å². The van der Waals surface area contributed by atoms with Crippen LogP contribution in [0.1, 0.15) is 18.6 Å². The van der Waals surface area contributed by atoms with E-state index in [1.54, 1.807) is 12.3 Å². The van der Waals surface area contributed by atoms with Crippen molar-refractivity contribution in [1.82, 2.24) is 15.5 Å². The van der Waals surface area contributed by atoms with Gasteiger partial charge in [-0.2, -0.15) is 5.16 Å². The van der Waals surface area contributed by atoms with Crippen molar-refractivity contribution in [2.75, 3.05) is 13.2 Å². The minimum absolute atomic E-state index is 0.125. The molecule has 2 aromatic rings. The van der Waals surface area contributed by atoms with E-state index in [-0.39, 0.29) is 30.0 Å². The third-order valence-corrected chi connectivity index (χ3v) is 3.73. The van der Waals surface area contributed by atoms with E-state index in [0.29, 0.717) is 37.7 Å². The Morgan fingerprint density at radius 1 is 1.46 bits per heavy atom. The lowest BCUT2D eigenvalue weighted by atomic mass is 10.1. The quantitative estimate of drug-likeness (QED) is 0.804. The van der Waals surface area contributed by atoms with Crippen LogP contribution in [0.15, 0.2) is 39.8 Å². The van der Waals surface area contributed by atoms with Crippen LogP contribution in [-0.4, -0.2) is 41.4 Å². The fourth-order valence-corrected chi connectivity index (χ4v) is 2.52. The van der Waals surface area contributed by atoms with E-state index in [1.807, 2.05) is 12.1 Å². The van der Waals surface area contributed by atoms with Crippen molar-refractivity contribution in [2.45, 2.75) is 31.4 Å². The highest BCUT2D eigenvalue weighted by Gasteiger charge is 2.29. The van der Waals surface area contributed by atoms with Crippen LogP contribution in [0, 0.1) is 0 Å². The van der Waals surface area contributed by atoms with Gasteiger partial charge in [0.25, 0.3) is 5.56 Å². The number of H-pyrrole nitrogens is 1. The van der Waals surface area contributed by atoms with E-state index in [9.17, 15) is 9.59 Å². The average Bonchev–Trinajstić information content (AvgIpc) is 3.01. The molecule has 0 aromatic carbocycles. The number of carbonyl (C=O) groups excluding carboxylic acids is 1. The minimum Gasteiger partial charge on any atom is -0.470 e. The zero-order chi connectivity index (χ0) is 16.8. The molecule has 1 fully saturated rings. The highest BCUT2D eigenvalue weighted by molar-refractivity contribution is 5.76.